The van der Waals surface area contributed by atoms with Crippen molar-refractivity contribution in [3.05, 3.63) is 35.9 Å². The lowest BCUT2D eigenvalue weighted by Gasteiger charge is -2.19. The van der Waals surface area contributed by atoms with Crippen LogP contribution >= 0.6 is 0 Å². The maximum absolute atomic E-state index is 13.7. The largest absolute Gasteiger partial charge is 0.483 e. The van der Waals surface area contributed by atoms with E-state index in [9.17, 15) is 17.2 Å². The third-order valence-corrected chi connectivity index (χ3v) is 3.73. The fourth-order valence-corrected chi connectivity index (χ4v) is 2.46. The quantitative estimate of drug-likeness (QED) is 0.866. The van der Waals surface area contributed by atoms with Gasteiger partial charge in [-0.2, -0.15) is 4.39 Å². The molecule has 1 aromatic rings. The maximum atomic E-state index is 13.7. The summed E-state index contributed by atoms with van der Waals surface area (Å²) in [5.74, 6) is -3.17. The fraction of sp³-hybridized carbons (Fsp3) is 0.333. The molecule has 0 radical (unpaired) electrons. The highest BCUT2D eigenvalue weighted by Gasteiger charge is 2.22. The van der Waals surface area contributed by atoms with Crippen LogP contribution in [0.5, 0.6) is 5.75 Å². The Morgan fingerprint density at radius 1 is 1.26 bits per heavy atom. The van der Waals surface area contributed by atoms with E-state index < -0.39 is 26.6 Å². The van der Waals surface area contributed by atoms with Crippen molar-refractivity contribution in [3.8, 4) is 5.75 Å². The first-order chi connectivity index (χ1) is 8.89. The fourth-order valence-electron chi connectivity index (χ4n) is 1.87. The molecule has 0 aromatic heterocycles. The minimum absolute atomic E-state index is 0.318. The Labute approximate surface area is 109 Å². The van der Waals surface area contributed by atoms with E-state index in [0.29, 0.717) is 6.42 Å². The molecule has 0 bridgehead atoms. The minimum Gasteiger partial charge on any atom is -0.483 e. The van der Waals surface area contributed by atoms with E-state index in [4.69, 9.17) is 9.88 Å². The average Bonchev–Trinajstić information content (AvgIpc) is 2.35. The third kappa shape index (κ3) is 3.10. The van der Waals surface area contributed by atoms with Gasteiger partial charge in [-0.3, -0.25) is 0 Å². The molecule has 1 aliphatic rings. The maximum Gasteiger partial charge on any atom is 0.241 e. The molecule has 1 atom stereocenters. The van der Waals surface area contributed by atoms with Crippen LogP contribution in [-0.2, 0) is 10.0 Å². The summed E-state index contributed by atoms with van der Waals surface area (Å²) >= 11 is 0. The number of hydrogen-bond acceptors (Lipinski definition) is 3. The van der Waals surface area contributed by atoms with Gasteiger partial charge in [0.1, 0.15) is 11.0 Å². The molecule has 2 rings (SSSR count). The molecule has 1 aromatic carbocycles. The zero-order chi connectivity index (χ0) is 14.0. The van der Waals surface area contributed by atoms with Crippen molar-refractivity contribution >= 4 is 10.0 Å². The average molecular weight is 289 g/mol. The van der Waals surface area contributed by atoms with Crippen LogP contribution in [-0.4, -0.2) is 14.5 Å². The second-order valence-corrected chi connectivity index (χ2v) is 5.78. The standard InChI is InChI=1S/C12H13F2NO3S/c13-11-9(18-8-4-2-1-3-5-8)6-7-10(12(11)14)19(15,16)17/h2,4,6-8H,1,3,5H2,(H2,15,16,17). The normalized spacial score (nSPS) is 19.4. The highest BCUT2D eigenvalue weighted by atomic mass is 32.2. The van der Waals surface area contributed by atoms with E-state index in [0.717, 1.165) is 25.0 Å². The van der Waals surface area contributed by atoms with Crippen molar-refractivity contribution in [2.24, 2.45) is 5.14 Å². The number of primary sulfonamides is 1. The summed E-state index contributed by atoms with van der Waals surface area (Å²) in [4.78, 5) is -0.878. The molecule has 0 saturated carbocycles. The summed E-state index contributed by atoms with van der Waals surface area (Å²) in [5, 5.41) is 4.77. The molecular formula is C12H13F2NO3S. The van der Waals surface area contributed by atoms with Crippen LogP contribution in [0.4, 0.5) is 8.78 Å². The second kappa shape index (κ2) is 5.26. The lowest BCUT2D eigenvalue weighted by atomic mass is 10.1. The summed E-state index contributed by atoms with van der Waals surface area (Å²) in [5.41, 5.74) is 0. The van der Waals surface area contributed by atoms with Crippen molar-refractivity contribution < 1.29 is 21.9 Å². The highest BCUT2D eigenvalue weighted by molar-refractivity contribution is 7.89. The van der Waals surface area contributed by atoms with E-state index in [2.05, 4.69) is 0 Å². The molecule has 0 amide bonds. The first kappa shape index (κ1) is 14.0. The van der Waals surface area contributed by atoms with Crippen LogP contribution in [0.25, 0.3) is 0 Å². The Bertz CT molecular complexity index is 614. The van der Waals surface area contributed by atoms with Crippen molar-refractivity contribution in [1.82, 2.24) is 0 Å². The molecule has 19 heavy (non-hydrogen) atoms. The number of sulfonamides is 1. The number of rotatable bonds is 3. The number of ether oxygens (including phenoxy) is 1. The monoisotopic (exact) mass is 289 g/mol. The predicted molar refractivity (Wildman–Crippen MR) is 65.1 cm³/mol. The van der Waals surface area contributed by atoms with Crippen LogP contribution in [0, 0.1) is 11.6 Å². The zero-order valence-corrected chi connectivity index (χ0v) is 10.8. The second-order valence-electron chi connectivity index (χ2n) is 4.25. The van der Waals surface area contributed by atoms with E-state index in [-0.39, 0.29) is 11.9 Å². The minimum atomic E-state index is -4.29. The SMILES string of the molecule is NS(=O)(=O)c1ccc(OC2C=CCCC2)c(F)c1F. The van der Waals surface area contributed by atoms with E-state index in [1.54, 1.807) is 6.08 Å². The smallest absolute Gasteiger partial charge is 0.241 e. The highest BCUT2D eigenvalue weighted by Crippen LogP contribution is 2.27. The Hall–Kier alpha value is -1.47. The number of nitrogens with two attached hydrogens (primary N) is 1. The van der Waals surface area contributed by atoms with Gasteiger partial charge < -0.3 is 4.74 Å². The van der Waals surface area contributed by atoms with Crippen molar-refractivity contribution in [1.29, 1.82) is 0 Å². The van der Waals surface area contributed by atoms with Crippen LogP contribution < -0.4 is 9.88 Å². The molecule has 0 heterocycles. The molecule has 4 nitrogen and oxygen atoms in total. The molecule has 0 spiro atoms. The van der Waals surface area contributed by atoms with E-state index in [1.807, 2.05) is 6.08 Å². The molecule has 0 aliphatic heterocycles. The lowest BCUT2D eigenvalue weighted by Crippen LogP contribution is -2.18. The molecule has 0 saturated heterocycles. The van der Waals surface area contributed by atoms with Gasteiger partial charge in [-0.1, -0.05) is 6.08 Å². The molecule has 104 valence electrons. The van der Waals surface area contributed by atoms with Gasteiger partial charge in [-0.05, 0) is 37.5 Å². The Kier molecular flexibility index (Phi) is 3.86. The molecule has 1 aliphatic carbocycles. The topological polar surface area (TPSA) is 69.4 Å². The van der Waals surface area contributed by atoms with Gasteiger partial charge in [0.05, 0.1) is 0 Å². The third-order valence-electron chi connectivity index (χ3n) is 2.81. The van der Waals surface area contributed by atoms with Crippen LogP contribution in [0.3, 0.4) is 0 Å². The van der Waals surface area contributed by atoms with Crippen molar-refractivity contribution in [2.75, 3.05) is 0 Å². The van der Waals surface area contributed by atoms with E-state index in [1.165, 1.54) is 0 Å². The van der Waals surface area contributed by atoms with Gasteiger partial charge in [0.25, 0.3) is 0 Å². The Morgan fingerprint density at radius 3 is 2.58 bits per heavy atom. The summed E-state index contributed by atoms with van der Waals surface area (Å²) in [7, 11) is -4.29. The Morgan fingerprint density at radius 2 is 2.00 bits per heavy atom. The van der Waals surface area contributed by atoms with E-state index >= 15 is 0 Å². The van der Waals surface area contributed by atoms with Gasteiger partial charge in [0.2, 0.25) is 15.8 Å². The number of halogens is 2. The van der Waals surface area contributed by atoms with Gasteiger partial charge in [-0.15, -0.1) is 0 Å². The van der Waals surface area contributed by atoms with Crippen molar-refractivity contribution in [3.63, 3.8) is 0 Å². The summed E-state index contributed by atoms with van der Waals surface area (Å²) in [6, 6.07) is 1.97. The number of benzene rings is 1. The van der Waals surface area contributed by atoms with Gasteiger partial charge in [0, 0.05) is 0 Å². The van der Waals surface area contributed by atoms with Crippen molar-refractivity contribution in [2.45, 2.75) is 30.3 Å². The summed E-state index contributed by atoms with van der Waals surface area (Å²) in [6.45, 7) is 0. The van der Waals surface area contributed by atoms with Gasteiger partial charge in [-0.25, -0.2) is 17.9 Å². The van der Waals surface area contributed by atoms with Gasteiger partial charge >= 0.3 is 0 Å². The predicted octanol–water partition coefficient (Wildman–Crippen LogP) is 2.10. The number of allylic oxidation sites excluding steroid dienone is 1. The molecule has 7 heteroatoms. The van der Waals surface area contributed by atoms with Crippen LogP contribution in [0.1, 0.15) is 19.3 Å². The van der Waals surface area contributed by atoms with Crippen LogP contribution in [0.2, 0.25) is 0 Å². The van der Waals surface area contributed by atoms with Gasteiger partial charge in [0.15, 0.2) is 11.6 Å². The zero-order valence-electron chi connectivity index (χ0n) is 9.97. The Balaban J connectivity index is 2.31. The molecule has 0 fully saturated rings. The molecule has 1 unspecified atom stereocenters. The first-order valence-corrected chi connectivity index (χ1v) is 7.28. The molecule has 2 N–H and O–H groups in total. The molecular weight excluding hydrogens is 276 g/mol. The number of hydrogen-bond donors (Lipinski definition) is 1. The first-order valence-electron chi connectivity index (χ1n) is 5.73. The lowest BCUT2D eigenvalue weighted by molar-refractivity contribution is 0.216. The summed E-state index contributed by atoms with van der Waals surface area (Å²) in [6.07, 6.45) is 5.88. The summed E-state index contributed by atoms with van der Waals surface area (Å²) < 4.78 is 54.6. The van der Waals surface area contributed by atoms with Crippen LogP contribution in [0.15, 0.2) is 29.2 Å².